The van der Waals surface area contributed by atoms with Crippen LogP contribution in [0.25, 0.3) is 0 Å². The maximum absolute atomic E-state index is 12.5. The molecule has 9 heteroatoms. The third kappa shape index (κ3) is 2.54. The van der Waals surface area contributed by atoms with Crippen LogP contribution >= 0.6 is 0 Å². The van der Waals surface area contributed by atoms with Crippen molar-refractivity contribution in [3.63, 3.8) is 0 Å². The molecule has 2 atom stereocenters. The first-order valence-electron chi connectivity index (χ1n) is 10.0. The minimum Gasteiger partial charge on any atom is -0.270 e. The first-order valence-corrected chi connectivity index (χ1v) is 10.0. The summed E-state index contributed by atoms with van der Waals surface area (Å²) in [4.78, 5) is 77.9. The van der Waals surface area contributed by atoms with Gasteiger partial charge in [0.2, 0.25) is 0 Å². The van der Waals surface area contributed by atoms with Crippen molar-refractivity contribution in [3.05, 3.63) is 36.5 Å². The normalized spacial score (nSPS) is 33.4. The van der Waals surface area contributed by atoms with E-state index in [1.807, 2.05) is 0 Å². The van der Waals surface area contributed by atoms with Crippen LogP contribution in [0.1, 0.15) is 25.7 Å². The number of hydrogen-bond acceptors (Lipinski definition) is 6. The van der Waals surface area contributed by atoms with Crippen LogP contribution in [0.4, 0.5) is 0 Å². The standard InChI is InChI=1S/C21H19N3O6/c25-13-4-5-14(26)22(13)19-12(10-11-2-1-3-11)20(23-15(27)6-7-16(23)28)21(19)24-17(29)8-9-18(24)30/h4-9,11-12,19-21H,1-3,10H2. The molecule has 2 unspecified atom stereocenters. The van der Waals surface area contributed by atoms with Crippen molar-refractivity contribution in [2.75, 3.05) is 0 Å². The van der Waals surface area contributed by atoms with E-state index in [1.54, 1.807) is 0 Å². The molecule has 9 nitrogen and oxygen atoms in total. The molecule has 0 aromatic rings. The van der Waals surface area contributed by atoms with E-state index < -0.39 is 59.5 Å². The van der Waals surface area contributed by atoms with Gasteiger partial charge in [-0.3, -0.25) is 43.5 Å². The van der Waals surface area contributed by atoms with Gasteiger partial charge in [0.05, 0.1) is 18.1 Å². The molecule has 0 spiro atoms. The minimum absolute atomic E-state index is 0.352. The predicted octanol–water partition coefficient (Wildman–Crippen LogP) is -0.313. The van der Waals surface area contributed by atoms with Crippen LogP contribution in [0.2, 0.25) is 0 Å². The van der Waals surface area contributed by atoms with E-state index >= 15 is 0 Å². The first-order chi connectivity index (χ1) is 14.4. The maximum atomic E-state index is 12.5. The van der Waals surface area contributed by atoms with Gasteiger partial charge in [0.25, 0.3) is 35.4 Å². The third-order valence-corrected chi connectivity index (χ3v) is 6.83. The second-order valence-corrected chi connectivity index (χ2v) is 8.31. The Morgan fingerprint density at radius 1 is 0.567 bits per heavy atom. The molecule has 0 aromatic heterocycles. The fourth-order valence-corrected chi connectivity index (χ4v) is 5.27. The lowest BCUT2D eigenvalue weighted by Crippen LogP contribution is -2.78. The van der Waals surface area contributed by atoms with Crippen molar-refractivity contribution in [1.82, 2.24) is 14.7 Å². The van der Waals surface area contributed by atoms with Crippen molar-refractivity contribution in [3.8, 4) is 0 Å². The highest BCUT2D eigenvalue weighted by Gasteiger charge is 2.64. The minimum atomic E-state index is -0.967. The first kappa shape index (κ1) is 18.7. The van der Waals surface area contributed by atoms with Gasteiger partial charge in [-0.15, -0.1) is 0 Å². The average Bonchev–Trinajstić information content (AvgIpc) is 3.28. The van der Waals surface area contributed by atoms with E-state index in [0.717, 1.165) is 70.4 Å². The summed E-state index contributed by atoms with van der Waals surface area (Å²) < 4.78 is 0. The summed E-state index contributed by atoms with van der Waals surface area (Å²) in [7, 11) is 0. The second kappa shape index (κ2) is 6.58. The van der Waals surface area contributed by atoms with E-state index in [1.165, 1.54) is 0 Å². The molecular weight excluding hydrogens is 390 g/mol. The highest BCUT2D eigenvalue weighted by Crippen LogP contribution is 2.48. The molecule has 5 aliphatic rings. The lowest BCUT2D eigenvalue weighted by molar-refractivity contribution is -0.175. The largest absolute Gasteiger partial charge is 0.270 e. The number of nitrogens with zero attached hydrogens (tertiary/aromatic N) is 3. The van der Waals surface area contributed by atoms with Gasteiger partial charge in [0, 0.05) is 42.4 Å². The summed E-state index contributed by atoms with van der Waals surface area (Å²) in [5.74, 6) is -3.28. The van der Waals surface area contributed by atoms with Gasteiger partial charge in [-0.05, 0) is 12.3 Å². The zero-order valence-electron chi connectivity index (χ0n) is 16.0. The molecule has 2 fully saturated rings. The zero-order valence-corrected chi connectivity index (χ0v) is 16.0. The number of carbonyl (C=O) groups is 6. The summed E-state index contributed by atoms with van der Waals surface area (Å²) in [6.07, 6.45) is 10.5. The summed E-state index contributed by atoms with van der Waals surface area (Å²) in [5, 5.41) is 0. The molecule has 2 saturated carbocycles. The summed E-state index contributed by atoms with van der Waals surface area (Å²) >= 11 is 0. The molecule has 0 radical (unpaired) electrons. The quantitative estimate of drug-likeness (QED) is 0.576. The van der Waals surface area contributed by atoms with Crippen LogP contribution in [0, 0.1) is 11.8 Å². The highest BCUT2D eigenvalue weighted by atomic mass is 16.2. The Morgan fingerprint density at radius 3 is 1.20 bits per heavy atom. The molecule has 154 valence electrons. The van der Waals surface area contributed by atoms with Crippen molar-refractivity contribution in [2.45, 2.75) is 43.8 Å². The third-order valence-electron chi connectivity index (χ3n) is 6.83. The fraction of sp³-hybridized carbons (Fsp3) is 0.429. The number of carbonyl (C=O) groups excluding carboxylic acids is 6. The number of hydrogen-bond donors (Lipinski definition) is 0. The fourth-order valence-electron chi connectivity index (χ4n) is 5.27. The van der Waals surface area contributed by atoms with Crippen LogP contribution < -0.4 is 0 Å². The lowest BCUT2D eigenvalue weighted by Gasteiger charge is -2.59. The molecule has 6 amide bonds. The molecule has 0 aromatic carbocycles. The topological polar surface area (TPSA) is 112 Å². The molecular formula is C21H19N3O6. The molecule has 0 N–H and O–H groups in total. The summed E-state index contributed by atoms with van der Waals surface area (Å²) in [6, 6.07) is -2.52. The van der Waals surface area contributed by atoms with Crippen LogP contribution in [0.3, 0.4) is 0 Å². The zero-order chi connectivity index (χ0) is 21.2. The van der Waals surface area contributed by atoms with E-state index in [-0.39, 0.29) is 0 Å². The number of amides is 6. The van der Waals surface area contributed by atoms with E-state index in [9.17, 15) is 28.8 Å². The molecule has 3 heterocycles. The Kier molecular flexibility index (Phi) is 4.09. The number of imide groups is 3. The van der Waals surface area contributed by atoms with Gasteiger partial charge < -0.3 is 0 Å². The van der Waals surface area contributed by atoms with Gasteiger partial charge in [-0.2, -0.15) is 0 Å². The van der Waals surface area contributed by atoms with Crippen LogP contribution in [0.5, 0.6) is 0 Å². The van der Waals surface area contributed by atoms with Crippen molar-refractivity contribution < 1.29 is 28.8 Å². The average molecular weight is 409 g/mol. The Hall–Kier alpha value is -3.36. The highest BCUT2D eigenvalue weighted by molar-refractivity contribution is 6.16. The molecule has 30 heavy (non-hydrogen) atoms. The Bertz CT molecular complexity index is 887. The van der Waals surface area contributed by atoms with Crippen LogP contribution in [0.15, 0.2) is 36.5 Å². The van der Waals surface area contributed by atoms with Crippen LogP contribution in [-0.2, 0) is 28.8 Å². The Morgan fingerprint density at radius 2 is 0.900 bits per heavy atom. The lowest BCUT2D eigenvalue weighted by atomic mass is 9.61. The second-order valence-electron chi connectivity index (χ2n) is 8.31. The summed E-state index contributed by atoms with van der Waals surface area (Å²) in [6.45, 7) is 0. The van der Waals surface area contributed by atoms with Gasteiger partial charge in [-0.1, -0.05) is 19.3 Å². The van der Waals surface area contributed by atoms with Gasteiger partial charge >= 0.3 is 0 Å². The van der Waals surface area contributed by atoms with Gasteiger partial charge in [0.15, 0.2) is 0 Å². The van der Waals surface area contributed by atoms with Crippen LogP contribution in [-0.4, -0.2) is 68.3 Å². The molecule has 5 rings (SSSR count). The molecule has 2 aliphatic carbocycles. The van der Waals surface area contributed by atoms with Gasteiger partial charge in [0.1, 0.15) is 0 Å². The Labute approximate surface area is 171 Å². The van der Waals surface area contributed by atoms with E-state index in [4.69, 9.17) is 0 Å². The van der Waals surface area contributed by atoms with E-state index in [2.05, 4.69) is 0 Å². The maximum Gasteiger partial charge on any atom is 0.254 e. The summed E-state index contributed by atoms with van der Waals surface area (Å²) in [5.41, 5.74) is 0. The predicted molar refractivity (Wildman–Crippen MR) is 99.8 cm³/mol. The smallest absolute Gasteiger partial charge is 0.254 e. The molecule has 0 saturated heterocycles. The molecule has 3 aliphatic heterocycles. The SMILES string of the molecule is O=C1C=CC(=O)N1C1C(CC2CCC2)C(N2C(=O)C=CC2=O)C1N1C(=O)C=CC1=O. The Balaban J connectivity index is 1.56. The van der Waals surface area contributed by atoms with Crippen molar-refractivity contribution in [1.29, 1.82) is 0 Å². The monoisotopic (exact) mass is 409 g/mol. The number of rotatable bonds is 5. The van der Waals surface area contributed by atoms with Gasteiger partial charge in [-0.25, -0.2) is 0 Å². The van der Waals surface area contributed by atoms with Crippen molar-refractivity contribution in [2.24, 2.45) is 11.8 Å². The molecule has 0 bridgehead atoms. The van der Waals surface area contributed by atoms with Crippen molar-refractivity contribution >= 4 is 35.4 Å². The van der Waals surface area contributed by atoms with E-state index in [0.29, 0.717) is 12.3 Å².